The smallest absolute Gasteiger partial charge is 0.317 e. The van der Waals surface area contributed by atoms with Crippen LogP contribution in [0.3, 0.4) is 0 Å². The molecule has 2 aliphatic rings. The lowest BCUT2D eigenvalue weighted by Crippen LogP contribution is -2.50. The zero-order valence-corrected chi connectivity index (χ0v) is 10.4. The molecular weight excluding hydrogens is 200 g/mol. The third-order valence-electron chi connectivity index (χ3n) is 4.00. The molecule has 2 amide bonds. The van der Waals surface area contributed by atoms with Crippen LogP contribution >= 0.6 is 0 Å². The maximum atomic E-state index is 12.1. The van der Waals surface area contributed by atoms with Crippen molar-refractivity contribution in [2.45, 2.75) is 70.4 Å². The van der Waals surface area contributed by atoms with Crippen LogP contribution in [0, 0.1) is 0 Å². The van der Waals surface area contributed by atoms with E-state index in [4.69, 9.17) is 0 Å². The van der Waals surface area contributed by atoms with E-state index in [2.05, 4.69) is 12.2 Å². The minimum Gasteiger partial charge on any atom is -0.335 e. The van der Waals surface area contributed by atoms with Crippen LogP contribution in [-0.4, -0.2) is 29.6 Å². The third-order valence-corrected chi connectivity index (χ3v) is 4.00. The van der Waals surface area contributed by atoms with E-state index in [0.717, 1.165) is 13.0 Å². The maximum Gasteiger partial charge on any atom is 0.317 e. The van der Waals surface area contributed by atoms with E-state index in [1.54, 1.807) is 0 Å². The molecular formula is C13H24N2O. The third kappa shape index (κ3) is 2.89. The summed E-state index contributed by atoms with van der Waals surface area (Å²) in [7, 11) is 0. The highest BCUT2D eigenvalue weighted by Gasteiger charge is 2.25. The Hall–Kier alpha value is -0.730. The Morgan fingerprint density at radius 1 is 1.06 bits per heavy atom. The second-order valence-electron chi connectivity index (χ2n) is 5.32. The number of carbonyl (C=O) groups is 1. The SMILES string of the molecule is CC1CCCCN1C(=O)NC1CCCCC1. The maximum absolute atomic E-state index is 12.1. The van der Waals surface area contributed by atoms with Crippen LogP contribution in [-0.2, 0) is 0 Å². The predicted molar refractivity (Wildman–Crippen MR) is 65.4 cm³/mol. The predicted octanol–water partition coefficient (Wildman–Crippen LogP) is 2.90. The van der Waals surface area contributed by atoms with Crippen molar-refractivity contribution < 1.29 is 4.79 Å². The first-order valence-electron chi connectivity index (χ1n) is 6.84. The summed E-state index contributed by atoms with van der Waals surface area (Å²) >= 11 is 0. The Labute approximate surface area is 98.6 Å². The zero-order valence-electron chi connectivity index (χ0n) is 10.4. The van der Waals surface area contributed by atoms with Gasteiger partial charge in [-0.3, -0.25) is 0 Å². The molecule has 1 saturated carbocycles. The van der Waals surface area contributed by atoms with Crippen molar-refractivity contribution in [2.24, 2.45) is 0 Å². The van der Waals surface area contributed by atoms with Gasteiger partial charge in [0.05, 0.1) is 0 Å². The summed E-state index contributed by atoms with van der Waals surface area (Å²) in [4.78, 5) is 14.1. The molecule has 1 N–H and O–H groups in total. The minimum absolute atomic E-state index is 0.180. The van der Waals surface area contributed by atoms with Gasteiger partial charge in [-0.1, -0.05) is 19.3 Å². The van der Waals surface area contributed by atoms with Crippen LogP contribution in [0.15, 0.2) is 0 Å². The highest BCUT2D eigenvalue weighted by Crippen LogP contribution is 2.20. The molecule has 1 aliphatic heterocycles. The Morgan fingerprint density at radius 2 is 1.75 bits per heavy atom. The highest BCUT2D eigenvalue weighted by atomic mass is 16.2. The summed E-state index contributed by atoms with van der Waals surface area (Å²) in [6.07, 6.45) is 9.85. The first-order valence-corrected chi connectivity index (χ1v) is 6.84. The Kier molecular flexibility index (Phi) is 4.08. The summed E-state index contributed by atoms with van der Waals surface area (Å²) in [5.74, 6) is 0. The van der Waals surface area contributed by atoms with Crippen LogP contribution in [0.5, 0.6) is 0 Å². The fourth-order valence-electron chi connectivity index (χ4n) is 2.90. The van der Waals surface area contributed by atoms with Crippen LogP contribution < -0.4 is 5.32 Å². The molecule has 2 rings (SSSR count). The van der Waals surface area contributed by atoms with E-state index < -0.39 is 0 Å². The van der Waals surface area contributed by atoms with Crippen molar-refractivity contribution in [3.63, 3.8) is 0 Å². The second kappa shape index (κ2) is 5.55. The molecule has 0 radical (unpaired) electrons. The number of hydrogen-bond acceptors (Lipinski definition) is 1. The van der Waals surface area contributed by atoms with Gasteiger partial charge < -0.3 is 10.2 Å². The topological polar surface area (TPSA) is 32.3 Å². The molecule has 1 atom stereocenters. The average Bonchev–Trinajstić information content (AvgIpc) is 2.31. The second-order valence-corrected chi connectivity index (χ2v) is 5.32. The van der Waals surface area contributed by atoms with Gasteiger partial charge in [0, 0.05) is 18.6 Å². The first-order chi connectivity index (χ1) is 7.77. The average molecular weight is 224 g/mol. The summed E-state index contributed by atoms with van der Waals surface area (Å²) in [5, 5.41) is 3.21. The molecule has 3 nitrogen and oxygen atoms in total. The molecule has 1 heterocycles. The monoisotopic (exact) mass is 224 g/mol. The normalized spacial score (nSPS) is 27.8. The van der Waals surface area contributed by atoms with Crippen LogP contribution in [0.25, 0.3) is 0 Å². The van der Waals surface area contributed by atoms with Crippen molar-refractivity contribution in [3.8, 4) is 0 Å². The van der Waals surface area contributed by atoms with Crippen molar-refractivity contribution in [1.29, 1.82) is 0 Å². The molecule has 0 bridgehead atoms. The number of carbonyl (C=O) groups excluding carboxylic acids is 1. The molecule has 2 fully saturated rings. The molecule has 3 heteroatoms. The van der Waals surface area contributed by atoms with E-state index in [1.165, 1.54) is 44.9 Å². The number of piperidine rings is 1. The van der Waals surface area contributed by atoms with Crippen LogP contribution in [0.4, 0.5) is 4.79 Å². The Morgan fingerprint density at radius 3 is 2.44 bits per heavy atom. The standard InChI is InChI=1S/C13H24N2O/c1-11-7-5-6-10-15(11)13(16)14-12-8-3-2-4-9-12/h11-12H,2-10H2,1H3,(H,14,16). The van der Waals surface area contributed by atoms with Crippen molar-refractivity contribution in [2.75, 3.05) is 6.54 Å². The summed E-state index contributed by atoms with van der Waals surface area (Å²) in [6.45, 7) is 3.11. The highest BCUT2D eigenvalue weighted by molar-refractivity contribution is 5.75. The van der Waals surface area contributed by atoms with Crippen molar-refractivity contribution in [3.05, 3.63) is 0 Å². The zero-order chi connectivity index (χ0) is 11.4. The Balaban J connectivity index is 1.81. The number of amides is 2. The lowest BCUT2D eigenvalue weighted by Gasteiger charge is -2.35. The number of nitrogens with one attached hydrogen (secondary N) is 1. The van der Waals surface area contributed by atoms with Gasteiger partial charge in [0.1, 0.15) is 0 Å². The van der Waals surface area contributed by atoms with Gasteiger partial charge in [-0.15, -0.1) is 0 Å². The van der Waals surface area contributed by atoms with Gasteiger partial charge in [-0.25, -0.2) is 4.79 Å². The lowest BCUT2D eigenvalue weighted by atomic mass is 9.95. The molecule has 1 unspecified atom stereocenters. The number of nitrogens with zero attached hydrogens (tertiary/aromatic N) is 1. The molecule has 16 heavy (non-hydrogen) atoms. The lowest BCUT2D eigenvalue weighted by molar-refractivity contribution is 0.152. The van der Waals surface area contributed by atoms with Crippen molar-refractivity contribution >= 4 is 6.03 Å². The van der Waals surface area contributed by atoms with E-state index in [-0.39, 0.29) is 6.03 Å². The largest absolute Gasteiger partial charge is 0.335 e. The van der Waals surface area contributed by atoms with Crippen molar-refractivity contribution in [1.82, 2.24) is 10.2 Å². The van der Waals surface area contributed by atoms with E-state index in [0.29, 0.717) is 12.1 Å². The van der Waals surface area contributed by atoms with Gasteiger partial charge in [0.25, 0.3) is 0 Å². The summed E-state index contributed by atoms with van der Waals surface area (Å²) in [6, 6.07) is 1.05. The minimum atomic E-state index is 0.180. The van der Waals surface area contributed by atoms with Gasteiger partial charge in [0.2, 0.25) is 0 Å². The Bertz CT molecular complexity index is 236. The molecule has 0 aromatic heterocycles. The molecule has 0 aromatic carbocycles. The fourth-order valence-corrected chi connectivity index (χ4v) is 2.90. The molecule has 0 aromatic rings. The van der Waals surface area contributed by atoms with E-state index in [1.807, 2.05) is 4.90 Å². The number of rotatable bonds is 1. The summed E-state index contributed by atoms with van der Waals surface area (Å²) in [5.41, 5.74) is 0. The van der Waals surface area contributed by atoms with E-state index in [9.17, 15) is 4.79 Å². The number of likely N-dealkylation sites (tertiary alicyclic amines) is 1. The van der Waals surface area contributed by atoms with Crippen LogP contribution in [0.1, 0.15) is 58.3 Å². The fraction of sp³-hybridized carbons (Fsp3) is 0.923. The molecule has 1 saturated heterocycles. The summed E-state index contributed by atoms with van der Waals surface area (Å²) < 4.78 is 0. The van der Waals surface area contributed by atoms with E-state index >= 15 is 0 Å². The van der Waals surface area contributed by atoms with Gasteiger partial charge in [-0.05, 0) is 39.0 Å². The van der Waals surface area contributed by atoms with Gasteiger partial charge >= 0.3 is 6.03 Å². The van der Waals surface area contributed by atoms with Gasteiger partial charge in [-0.2, -0.15) is 0 Å². The van der Waals surface area contributed by atoms with Gasteiger partial charge in [0.15, 0.2) is 0 Å². The molecule has 0 spiro atoms. The van der Waals surface area contributed by atoms with Crippen LogP contribution in [0.2, 0.25) is 0 Å². The first kappa shape index (κ1) is 11.7. The molecule has 1 aliphatic carbocycles. The number of hydrogen-bond donors (Lipinski definition) is 1. The number of urea groups is 1. The molecule has 92 valence electrons. The quantitative estimate of drug-likeness (QED) is 0.729.